The molecule has 0 unspecified atom stereocenters. The maximum absolute atomic E-state index is 4.63. The Labute approximate surface area is 115 Å². The van der Waals surface area contributed by atoms with E-state index in [1.807, 2.05) is 7.05 Å². The lowest BCUT2D eigenvalue weighted by Gasteiger charge is -2.02. The van der Waals surface area contributed by atoms with Crippen molar-refractivity contribution in [3.63, 3.8) is 0 Å². The largest absolute Gasteiger partial charge is 0.335 e. The van der Waals surface area contributed by atoms with E-state index in [0.29, 0.717) is 0 Å². The lowest BCUT2D eigenvalue weighted by molar-refractivity contribution is 0.771. The number of halogens is 1. The number of H-pyrrole nitrogens is 1. The first-order valence-corrected chi connectivity index (χ1v) is 7.08. The van der Waals surface area contributed by atoms with Gasteiger partial charge in [0.15, 0.2) is 0 Å². The number of nitrogens with zero attached hydrogens (tertiary/aromatic N) is 1. The van der Waals surface area contributed by atoms with E-state index in [1.165, 1.54) is 36.0 Å². The third kappa shape index (κ3) is 2.10. The Bertz CT molecular complexity index is 574. The second-order valence-corrected chi connectivity index (χ2v) is 5.51. The van der Waals surface area contributed by atoms with Crippen LogP contribution in [-0.2, 0) is 19.4 Å². The molecule has 1 aromatic heterocycles. The van der Waals surface area contributed by atoms with Crippen LogP contribution in [0.2, 0.25) is 0 Å². The number of fused-ring (bicyclic) bond motifs is 1. The van der Waals surface area contributed by atoms with Crippen LogP contribution in [0.3, 0.4) is 0 Å². The van der Waals surface area contributed by atoms with Gasteiger partial charge in [-0.2, -0.15) is 0 Å². The van der Waals surface area contributed by atoms with Gasteiger partial charge in [-0.3, -0.25) is 0 Å². The van der Waals surface area contributed by atoms with Crippen LogP contribution in [0.5, 0.6) is 0 Å². The van der Waals surface area contributed by atoms with Gasteiger partial charge in [0.05, 0.1) is 6.54 Å². The van der Waals surface area contributed by atoms with Gasteiger partial charge < -0.3 is 10.3 Å². The number of benzene rings is 1. The third-order valence-electron chi connectivity index (χ3n) is 3.42. The zero-order chi connectivity index (χ0) is 12.5. The summed E-state index contributed by atoms with van der Waals surface area (Å²) < 4.78 is 0.964. The topological polar surface area (TPSA) is 40.7 Å². The van der Waals surface area contributed by atoms with E-state index >= 15 is 0 Å². The average molecular weight is 306 g/mol. The van der Waals surface area contributed by atoms with Crippen molar-refractivity contribution in [2.75, 3.05) is 7.05 Å². The van der Waals surface area contributed by atoms with E-state index in [2.05, 4.69) is 49.4 Å². The minimum absolute atomic E-state index is 0.754. The molecule has 0 bridgehead atoms. The molecular weight excluding hydrogens is 290 g/mol. The minimum atomic E-state index is 0.754. The fourth-order valence-electron chi connectivity index (χ4n) is 2.56. The third-order valence-corrected chi connectivity index (χ3v) is 4.00. The van der Waals surface area contributed by atoms with Gasteiger partial charge in [0.1, 0.15) is 16.1 Å². The summed E-state index contributed by atoms with van der Waals surface area (Å²) in [7, 11) is 1.92. The van der Waals surface area contributed by atoms with Crippen LogP contribution in [0.15, 0.2) is 22.8 Å². The number of nitrogens with one attached hydrogen (secondary N) is 2. The number of aryl methyl sites for hydroxylation is 2. The molecule has 0 fully saturated rings. The molecule has 1 heterocycles. The van der Waals surface area contributed by atoms with E-state index in [0.717, 1.165) is 22.7 Å². The van der Waals surface area contributed by atoms with Crippen molar-refractivity contribution in [3.8, 4) is 11.3 Å². The highest BCUT2D eigenvalue weighted by Gasteiger charge is 2.14. The van der Waals surface area contributed by atoms with Gasteiger partial charge in [0.25, 0.3) is 0 Å². The van der Waals surface area contributed by atoms with Crippen molar-refractivity contribution in [1.29, 1.82) is 0 Å². The highest BCUT2D eigenvalue weighted by Crippen LogP contribution is 2.30. The van der Waals surface area contributed by atoms with Crippen molar-refractivity contribution in [2.24, 2.45) is 0 Å². The van der Waals surface area contributed by atoms with Crippen LogP contribution in [0.25, 0.3) is 11.3 Å². The quantitative estimate of drug-likeness (QED) is 0.915. The van der Waals surface area contributed by atoms with Crippen LogP contribution in [0, 0.1) is 0 Å². The standard InChI is InChI=1S/C14H16BrN3/c1-16-8-12-17-13(14(15)18-12)11-6-5-9-3-2-4-10(9)7-11/h5-7,16H,2-4,8H2,1H3,(H,17,18). The van der Waals surface area contributed by atoms with Gasteiger partial charge in [-0.25, -0.2) is 4.98 Å². The first-order chi connectivity index (χ1) is 8.78. The molecule has 1 aliphatic rings. The van der Waals surface area contributed by atoms with E-state index in [-0.39, 0.29) is 0 Å². The summed E-state index contributed by atoms with van der Waals surface area (Å²) >= 11 is 3.56. The molecule has 1 aromatic carbocycles. The molecule has 0 radical (unpaired) electrons. The first kappa shape index (κ1) is 11.9. The summed E-state index contributed by atoms with van der Waals surface area (Å²) in [6.07, 6.45) is 3.71. The van der Waals surface area contributed by atoms with E-state index in [9.17, 15) is 0 Å². The van der Waals surface area contributed by atoms with E-state index in [4.69, 9.17) is 0 Å². The molecule has 18 heavy (non-hydrogen) atoms. The minimum Gasteiger partial charge on any atom is -0.335 e. The van der Waals surface area contributed by atoms with Crippen LogP contribution in [-0.4, -0.2) is 17.0 Å². The number of rotatable bonds is 3. The summed E-state index contributed by atoms with van der Waals surface area (Å²) in [4.78, 5) is 7.89. The Morgan fingerprint density at radius 1 is 1.33 bits per heavy atom. The zero-order valence-corrected chi connectivity index (χ0v) is 12.0. The average Bonchev–Trinajstić information content (AvgIpc) is 2.95. The number of imidazole rings is 1. The van der Waals surface area contributed by atoms with Crippen LogP contribution in [0.4, 0.5) is 0 Å². The van der Waals surface area contributed by atoms with Crippen molar-refractivity contribution in [3.05, 3.63) is 39.8 Å². The number of hydrogen-bond donors (Lipinski definition) is 2. The Morgan fingerprint density at radius 3 is 3.00 bits per heavy atom. The predicted octanol–water partition coefficient (Wildman–Crippen LogP) is 3.05. The summed E-state index contributed by atoms with van der Waals surface area (Å²) in [5.41, 5.74) is 5.19. The van der Waals surface area contributed by atoms with Crippen LogP contribution in [0.1, 0.15) is 23.4 Å². The van der Waals surface area contributed by atoms with Crippen LogP contribution < -0.4 is 5.32 Å². The molecule has 0 atom stereocenters. The van der Waals surface area contributed by atoms with Gasteiger partial charge in [0.2, 0.25) is 0 Å². The fraction of sp³-hybridized carbons (Fsp3) is 0.357. The van der Waals surface area contributed by atoms with Crippen molar-refractivity contribution >= 4 is 15.9 Å². The molecule has 2 aromatic rings. The smallest absolute Gasteiger partial charge is 0.121 e. The van der Waals surface area contributed by atoms with Gasteiger partial charge in [0, 0.05) is 5.56 Å². The zero-order valence-electron chi connectivity index (χ0n) is 10.4. The second kappa shape index (κ2) is 4.86. The maximum atomic E-state index is 4.63. The molecule has 0 spiro atoms. The Balaban J connectivity index is 1.99. The molecule has 3 nitrogen and oxygen atoms in total. The van der Waals surface area contributed by atoms with Crippen molar-refractivity contribution in [1.82, 2.24) is 15.3 Å². The van der Waals surface area contributed by atoms with Crippen molar-refractivity contribution in [2.45, 2.75) is 25.8 Å². The highest BCUT2D eigenvalue weighted by atomic mass is 79.9. The summed E-state index contributed by atoms with van der Waals surface area (Å²) in [6.45, 7) is 0.754. The van der Waals surface area contributed by atoms with E-state index < -0.39 is 0 Å². The first-order valence-electron chi connectivity index (χ1n) is 6.29. The second-order valence-electron chi connectivity index (χ2n) is 4.71. The number of hydrogen-bond acceptors (Lipinski definition) is 2. The number of aromatic nitrogens is 2. The Morgan fingerprint density at radius 2 is 2.17 bits per heavy atom. The van der Waals surface area contributed by atoms with Crippen LogP contribution >= 0.6 is 15.9 Å². The molecule has 4 heteroatoms. The predicted molar refractivity (Wildman–Crippen MR) is 76.5 cm³/mol. The maximum Gasteiger partial charge on any atom is 0.121 e. The molecule has 0 saturated heterocycles. The molecule has 0 saturated carbocycles. The fourth-order valence-corrected chi connectivity index (χ4v) is 3.11. The summed E-state index contributed by atoms with van der Waals surface area (Å²) in [6, 6.07) is 6.71. The monoisotopic (exact) mass is 305 g/mol. The van der Waals surface area contributed by atoms with Gasteiger partial charge in [-0.1, -0.05) is 12.1 Å². The van der Waals surface area contributed by atoms with Gasteiger partial charge in [-0.15, -0.1) is 0 Å². The summed E-state index contributed by atoms with van der Waals surface area (Å²) in [5, 5.41) is 3.10. The molecule has 94 valence electrons. The molecular formula is C14H16BrN3. The summed E-state index contributed by atoms with van der Waals surface area (Å²) in [5.74, 6) is 0.958. The van der Waals surface area contributed by atoms with E-state index in [1.54, 1.807) is 0 Å². The Hall–Kier alpha value is -1.13. The van der Waals surface area contributed by atoms with Gasteiger partial charge >= 0.3 is 0 Å². The highest BCUT2D eigenvalue weighted by molar-refractivity contribution is 9.10. The normalized spacial score (nSPS) is 13.9. The molecule has 0 aliphatic heterocycles. The molecule has 2 N–H and O–H groups in total. The Kier molecular flexibility index (Phi) is 3.22. The molecule has 0 amide bonds. The number of aromatic amines is 1. The lowest BCUT2D eigenvalue weighted by Crippen LogP contribution is -2.06. The van der Waals surface area contributed by atoms with Gasteiger partial charge in [-0.05, 0) is 59.4 Å². The molecule has 3 rings (SSSR count). The lowest BCUT2D eigenvalue weighted by atomic mass is 10.0. The molecule has 1 aliphatic carbocycles. The van der Waals surface area contributed by atoms with Crippen molar-refractivity contribution < 1.29 is 0 Å². The SMILES string of the molecule is CNCc1nc(-c2ccc3c(c2)CCC3)c(Br)[nH]1.